The zero-order valence-corrected chi connectivity index (χ0v) is 8.61. The Hall–Kier alpha value is -0.650. The second kappa shape index (κ2) is 5.29. The van der Waals surface area contributed by atoms with E-state index in [9.17, 15) is 4.79 Å². The van der Waals surface area contributed by atoms with Crippen LogP contribution in [0.1, 0.15) is 6.92 Å². The van der Waals surface area contributed by atoms with E-state index in [1.165, 1.54) is 0 Å². The van der Waals surface area contributed by atoms with Gasteiger partial charge in [-0.25, -0.2) is 0 Å². The first-order valence-electron chi connectivity index (χ1n) is 4.96. The van der Waals surface area contributed by atoms with E-state index in [0.29, 0.717) is 19.7 Å². The minimum atomic E-state index is -0.249. The van der Waals surface area contributed by atoms with Gasteiger partial charge in [0.2, 0.25) is 5.91 Å². The highest BCUT2D eigenvalue weighted by molar-refractivity contribution is 5.76. The van der Waals surface area contributed by atoms with E-state index in [1.807, 2.05) is 6.92 Å². The third-order valence-corrected chi connectivity index (χ3v) is 2.50. The van der Waals surface area contributed by atoms with Crippen molar-refractivity contribution in [2.75, 3.05) is 32.8 Å². The predicted octanol–water partition coefficient (Wildman–Crippen LogP) is -1.23. The number of hydrogen-bond donors (Lipinski definition) is 2. The third-order valence-electron chi connectivity index (χ3n) is 2.50. The lowest BCUT2D eigenvalue weighted by atomic mass is 10.1. The Morgan fingerprint density at radius 1 is 1.71 bits per heavy atom. The molecule has 0 aliphatic carbocycles. The number of nitrogens with zero attached hydrogens (tertiary/aromatic N) is 1. The number of primary amides is 1. The lowest BCUT2D eigenvalue weighted by molar-refractivity contribution is -0.122. The van der Waals surface area contributed by atoms with Crippen LogP contribution in [-0.2, 0) is 9.53 Å². The summed E-state index contributed by atoms with van der Waals surface area (Å²) in [6, 6.07) is 0. The first-order valence-corrected chi connectivity index (χ1v) is 4.96. The molecule has 0 saturated carbocycles. The summed E-state index contributed by atoms with van der Waals surface area (Å²) in [5.74, 6) is -0.354. The van der Waals surface area contributed by atoms with Crippen molar-refractivity contribution in [2.45, 2.75) is 13.0 Å². The predicted molar refractivity (Wildman–Crippen MR) is 53.6 cm³/mol. The van der Waals surface area contributed by atoms with Crippen LogP contribution >= 0.6 is 0 Å². The summed E-state index contributed by atoms with van der Waals surface area (Å²) in [6.45, 7) is 5.42. The Morgan fingerprint density at radius 2 is 2.43 bits per heavy atom. The fourth-order valence-electron chi connectivity index (χ4n) is 1.57. The monoisotopic (exact) mass is 201 g/mol. The molecule has 82 valence electrons. The first kappa shape index (κ1) is 11.4. The number of carbonyl (C=O) groups is 1. The number of carbonyl (C=O) groups excluding carboxylic acids is 1. The van der Waals surface area contributed by atoms with Crippen LogP contribution in [0.15, 0.2) is 0 Å². The molecule has 1 saturated heterocycles. The number of amides is 1. The van der Waals surface area contributed by atoms with Crippen molar-refractivity contribution in [1.29, 1.82) is 0 Å². The molecule has 0 aromatic heterocycles. The van der Waals surface area contributed by atoms with Gasteiger partial charge in [-0.15, -0.1) is 0 Å². The van der Waals surface area contributed by atoms with Crippen LogP contribution in [0.3, 0.4) is 0 Å². The third kappa shape index (κ3) is 3.25. The van der Waals surface area contributed by atoms with Gasteiger partial charge in [-0.2, -0.15) is 0 Å². The smallest absolute Gasteiger partial charge is 0.221 e. The summed E-state index contributed by atoms with van der Waals surface area (Å²) in [6.07, 6.45) is 0.101. The van der Waals surface area contributed by atoms with Gasteiger partial charge in [0.15, 0.2) is 0 Å². The van der Waals surface area contributed by atoms with E-state index in [4.69, 9.17) is 16.2 Å². The quantitative estimate of drug-likeness (QED) is 0.596. The van der Waals surface area contributed by atoms with Crippen molar-refractivity contribution in [3.05, 3.63) is 0 Å². The minimum Gasteiger partial charge on any atom is -0.374 e. The van der Waals surface area contributed by atoms with Gasteiger partial charge in [0, 0.05) is 32.1 Å². The Balaban J connectivity index is 2.33. The molecule has 5 heteroatoms. The number of hydrogen-bond acceptors (Lipinski definition) is 4. The summed E-state index contributed by atoms with van der Waals surface area (Å²) in [5.41, 5.74) is 10.7. The highest BCUT2D eigenvalue weighted by Crippen LogP contribution is 2.06. The Morgan fingerprint density at radius 3 is 3.00 bits per heavy atom. The fourth-order valence-corrected chi connectivity index (χ4v) is 1.57. The molecule has 1 aliphatic rings. The van der Waals surface area contributed by atoms with E-state index in [1.54, 1.807) is 0 Å². The van der Waals surface area contributed by atoms with Crippen LogP contribution in [0, 0.1) is 5.92 Å². The summed E-state index contributed by atoms with van der Waals surface area (Å²) >= 11 is 0. The van der Waals surface area contributed by atoms with Gasteiger partial charge in [-0.1, -0.05) is 6.92 Å². The van der Waals surface area contributed by atoms with Gasteiger partial charge in [-0.3, -0.25) is 9.69 Å². The van der Waals surface area contributed by atoms with Crippen molar-refractivity contribution < 1.29 is 9.53 Å². The van der Waals surface area contributed by atoms with Gasteiger partial charge < -0.3 is 16.2 Å². The number of rotatable bonds is 4. The standard InChI is InChI=1S/C9H19N3O2/c1-7(9(11)13)5-12-2-3-14-8(4-10)6-12/h7-8H,2-6,10H2,1H3,(H2,11,13). The topological polar surface area (TPSA) is 81.6 Å². The van der Waals surface area contributed by atoms with E-state index in [0.717, 1.165) is 13.1 Å². The fraction of sp³-hybridized carbons (Fsp3) is 0.889. The lowest BCUT2D eigenvalue weighted by Gasteiger charge is -2.33. The largest absolute Gasteiger partial charge is 0.374 e. The van der Waals surface area contributed by atoms with E-state index in [-0.39, 0.29) is 17.9 Å². The molecule has 0 bridgehead atoms. The Labute approximate surface area is 84.4 Å². The molecule has 5 nitrogen and oxygen atoms in total. The van der Waals surface area contributed by atoms with Crippen molar-refractivity contribution in [3.8, 4) is 0 Å². The van der Waals surface area contributed by atoms with Crippen molar-refractivity contribution >= 4 is 5.91 Å². The average Bonchev–Trinajstić information content (AvgIpc) is 2.18. The SMILES string of the molecule is CC(CN1CCOC(CN)C1)C(N)=O. The summed E-state index contributed by atoms with van der Waals surface area (Å²) < 4.78 is 5.42. The molecule has 1 aliphatic heterocycles. The maximum atomic E-state index is 10.9. The molecule has 4 N–H and O–H groups in total. The maximum absolute atomic E-state index is 10.9. The summed E-state index contributed by atoms with van der Waals surface area (Å²) in [4.78, 5) is 13.0. The molecule has 1 fully saturated rings. The maximum Gasteiger partial charge on any atom is 0.221 e. The molecule has 1 rings (SSSR count). The number of morpholine rings is 1. The molecule has 1 heterocycles. The van der Waals surface area contributed by atoms with Crippen molar-refractivity contribution in [2.24, 2.45) is 17.4 Å². The van der Waals surface area contributed by atoms with Crippen LogP contribution in [0.2, 0.25) is 0 Å². The van der Waals surface area contributed by atoms with Crippen LogP contribution < -0.4 is 11.5 Å². The molecule has 1 amide bonds. The normalized spacial score (nSPS) is 26.0. The van der Waals surface area contributed by atoms with Crippen molar-refractivity contribution in [3.63, 3.8) is 0 Å². The summed E-state index contributed by atoms with van der Waals surface area (Å²) in [7, 11) is 0. The Bertz CT molecular complexity index is 198. The van der Waals surface area contributed by atoms with Gasteiger partial charge in [0.05, 0.1) is 12.7 Å². The molecule has 2 unspecified atom stereocenters. The highest BCUT2D eigenvalue weighted by atomic mass is 16.5. The van der Waals surface area contributed by atoms with Crippen LogP contribution in [0.25, 0.3) is 0 Å². The number of nitrogens with two attached hydrogens (primary N) is 2. The number of ether oxygens (including phenoxy) is 1. The second-order valence-electron chi connectivity index (χ2n) is 3.79. The summed E-state index contributed by atoms with van der Waals surface area (Å²) in [5, 5.41) is 0. The van der Waals surface area contributed by atoms with Crippen LogP contribution in [-0.4, -0.2) is 49.7 Å². The van der Waals surface area contributed by atoms with Crippen LogP contribution in [0.5, 0.6) is 0 Å². The molecule has 14 heavy (non-hydrogen) atoms. The molecule has 0 radical (unpaired) electrons. The Kier molecular flexibility index (Phi) is 4.31. The molecule has 2 atom stereocenters. The van der Waals surface area contributed by atoms with E-state index >= 15 is 0 Å². The lowest BCUT2D eigenvalue weighted by Crippen LogP contribution is -2.48. The van der Waals surface area contributed by atoms with Crippen LogP contribution in [0.4, 0.5) is 0 Å². The van der Waals surface area contributed by atoms with Gasteiger partial charge in [0.25, 0.3) is 0 Å². The first-order chi connectivity index (χ1) is 6.63. The molecule has 0 aromatic rings. The zero-order valence-electron chi connectivity index (χ0n) is 8.61. The molecular weight excluding hydrogens is 182 g/mol. The molecular formula is C9H19N3O2. The van der Waals surface area contributed by atoms with Crippen molar-refractivity contribution in [1.82, 2.24) is 4.90 Å². The van der Waals surface area contributed by atoms with Gasteiger partial charge >= 0.3 is 0 Å². The van der Waals surface area contributed by atoms with E-state index < -0.39 is 0 Å². The highest BCUT2D eigenvalue weighted by Gasteiger charge is 2.21. The van der Waals surface area contributed by atoms with E-state index in [2.05, 4.69) is 4.90 Å². The zero-order chi connectivity index (χ0) is 10.6. The molecule has 0 spiro atoms. The van der Waals surface area contributed by atoms with Gasteiger partial charge in [-0.05, 0) is 0 Å². The minimum absolute atomic E-state index is 0.101. The second-order valence-corrected chi connectivity index (χ2v) is 3.79. The van der Waals surface area contributed by atoms with Gasteiger partial charge in [0.1, 0.15) is 0 Å². The average molecular weight is 201 g/mol. The molecule has 0 aromatic carbocycles.